The zero-order chi connectivity index (χ0) is 14.5. The molecule has 2 rings (SSSR count). The Morgan fingerprint density at radius 3 is 2.40 bits per heavy atom. The maximum Gasteiger partial charge on any atom is 0.337 e. The highest BCUT2D eigenvalue weighted by molar-refractivity contribution is 7.98. The molecule has 0 N–H and O–H groups in total. The van der Waals surface area contributed by atoms with Crippen molar-refractivity contribution < 1.29 is 9.53 Å². The summed E-state index contributed by atoms with van der Waals surface area (Å²) < 4.78 is 4.66. The van der Waals surface area contributed by atoms with E-state index in [9.17, 15) is 4.79 Å². The van der Waals surface area contributed by atoms with E-state index in [1.165, 1.54) is 7.11 Å². The summed E-state index contributed by atoms with van der Waals surface area (Å²) >= 11 is 13.5. The van der Waals surface area contributed by atoms with Crippen LogP contribution in [-0.4, -0.2) is 13.1 Å². The summed E-state index contributed by atoms with van der Waals surface area (Å²) in [6, 6.07) is 12.9. The van der Waals surface area contributed by atoms with Crippen LogP contribution >= 0.6 is 35.0 Å². The minimum absolute atomic E-state index is 0.328. The smallest absolute Gasteiger partial charge is 0.337 e. The Hall–Kier alpha value is -1.16. The minimum Gasteiger partial charge on any atom is -0.465 e. The third-order valence-electron chi connectivity index (χ3n) is 2.66. The van der Waals surface area contributed by atoms with Crippen LogP contribution in [0.25, 0.3) is 0 Å². The van der Waals surface area contributed by atoms with Gasteiger partial charge in [-0.1, -0.05) is 29.3 Å². The van der Waals surface area contributed by atoms with Crippen LogP contribution in [0.2, 0.25) is 10.0 Å². The van der Waals surface area contributed by atoms with Gasteiger partial charge in [0, 0.05) is 10.6 Å². The lowest BCUT2D eigenvalue weighted by Crippen LogP contribution is -2.00. The van der Waals surface area contributed by atoms with Crippen LogP contribution in [0.3, 0.4) is 0 Å². The highest BCUT2D eigenvalue weighted by atomic mass is 35.5. The van der Waals surface area contributed by atoms with E-state index >= 15 is 0 Å². The number of hydrogen-bond donors (Lipinski definition) is 0. The Labute approximate surface area is 132 Å². The molecule has 0 atom stereocenters. The molecular weight excluding hydrogens is 315 g/mol. The van der Waals surface area contributed by atoms with Gasteiger partial charge in [-0.05, 0) is 42.0 Å². The van der Waals surface area contributed by atoms with Crippen molar-refractivity contribution in [2.24, 2.45) is 0 Å². The van der Waals surface area contributed by atoms with E-state index in [4.69, 9.17) is 23.2 Å². The molecule has 0 unspecified atom stereocenters. The molecule has 0 radical (unpaired) electrons. The van der Waals surface area contributed by atoms with E-state index in [-0.39, 0.29) is 5.97 Å². The molecule has 0 heterocycles. The zero-order valence-corrected chi connectivity index (χ0v) is 13.1. The number of methoxy groups -OCH3 is 1. The van der Waals surface area contributed by atoms with E-state index in [1.54, 1.807) is 30.0 Å². The summed E-state index contributed by atoms with van der Waals surface area (Å²) in [6.45, 7) is 0. The fraction of sp³-hybridized carbons (Fsp3) is 0.133. The summed E-state index contributed by atoms with van der Waals surface area (Å²) in [5.41, 5.74) is 1.65. The molecule has 0 aliphatic heterocycles. The largest absolute Gasteiger partial charge is 0.465 e. The Morgan fingerprint density at radius 2 is 1.80 bits per heavy atom. The number of ether oxygens (including phenoxy) is 1. The number of carbonyl (C=O) groups excluding carboxylic acids is 1. The summed E-state index contributed by atoms with van der Waals surface area (Å²) in [5, 5.41) is 1.12. The van der Waals surface area contributed by atoms with Gasteiger partial charge in [0.2, 0.25) is 0 Å². The van der Waals surface area contributed by atoms with Gasteiger partial charge >= 0.3 is 5.97 Å². The maximum atomic E-state index is 11.3. The third kappa shape index (κ3) is 3.92. The molecule has 2 aromatic carbocycles. The number of halogens is 2. The molecule has 0 spiro atoms. The van der Waals surface area contributed by atoms with Crippen LogP contribution in [0, 0.1) is 0 Å². The van der Waals surface area contributed by atoms with Gasteiger partial charge in [0.1, 0.15) is 0 Å². The van der Waals surface area contributed by atoms with Gasteiger partial charge in [0.25, 0.3) is 0 Å². The number of carbonyl (C=O) groups is 1. The first-order chi connectivity index (χ1) is 9.60. The second kappa shape index (κ2) is 7.02. The number of hydrogen-bond acceptors (Lipinski definition) is 3. The molecule has 0 saturated carbocycles. The molecule has 0 aliphatic rings. The number of rotatable bonds is 4. The maximum absolute atomic E-state index is 11.3. The van der Waals surface area contributed by atoms with Crippen molar-refractivity contribution in [3.8, 4) is 0 Å². The Kier molecular flexibility index (Phi) is 5.35. The van der Waals surface area contributed by atoms with Gasteiger partial charge in [0.05, 0.1) is 22.7 Å². The first kappa shape index (κ1) is 15.2. The molecule has 20 heavy (non-hydrogen) atoms. The summed E-state index contributed by atoms with van der Waals surface area (Å²) in [7, 11) is 1.37. The Balaban J connectivity index is 2.00. The van der Waals surface area contributed by atoms with Crippen molar-refractivity contribution in [2.75, 3.05) is 7.11 Å². The predicted molar refractivity (Wildman–Crippen MR) is 83.8 cm³/mol. The summed E-state index contributed by atoms with van der Waals surface area (Å²) in [4.78, 5) is 12.4. The Morgan fingerprint density at radius 1 is 1.10 bits per heavy atom. The SMILES string of the molecule is COC(=O)c1ccc(SCc2ccc(Cl)c(Cl)c2)cc1. The zero-order valence-electron chi connectivity index (χ0n) is 10.7. The lowest BCUT2D eigenvalue weighted by Gasteiger charge is -2.05. The quantitative estimate of drug-likeness (QED) is 0.579. The van der Waals surface area contributed by atoms with Crippen molar-refractivity contribution in [3.05, 3.63) is 63.6 Å². The summed E-state index contributed by atoms with van der Waals surface area (Å²) in [5.74, 6) is 0.458. The third-order valence-corrected chi connectivity index (χ3v) is 4.49. The monoisotopic (exact) mass is 326 g/mol. The van der Waals surface area contributed by atoms with E-state index in [0.717, 1.165) is 16.2 Å². The van der Waals surface area contributed by atoms with Crippen LogP contribution < -0.4 is 0 Å². The molecule has 0 fully saturated rings. The van der Waals surface area contributed by atoms with Crippen molar-refractivity contribution >= 4 is 40.9 Å². The molecule has 2 nitrogen and oxygen atoms in total. The molecular formula is C15H12Cl2O2S. The van der Waals surface area contributed by atoms with Crippen LogP contribution in [-0.2, 0) is 10.5 Å². The number of thioether (sulfide) groups is 1. The van der Waals surface area contributed by atoms with E-state index in [0.29, 0.717) is 15.6 Å². The molecule has 104 valence electrons. The number of benzene rings is 2. The normalized spacial score (nSPS) is 10.3. The van der Waals surface area contributed by atoms with E-state index in [2.05, 4.69) is 4.74 Å². The Bertz CT molecular complexity index is 612. The van der Waals surface area contributed by atoms with Gasteiger partial charge in [-0.2, -0.15) is 0 Å². The van der Waals surface area contributed by atoms with Crippen molar-refractivity contribution in [1.82, 2.24) is 0 Å². The average molecular weight is 327 g/mol. The van der Waals surface area contributed by atoms with Crippen molar-refractivity contribution in [1.29, 1.82) is 0 Å². The van der Waals surface area contributed by atoms with Gasteiger partial charge < -0.3 is 4.74 Å². The van der Waals surface area contributed by atoms with Crippen molar-refractivity contribution in [2.45, 2.75) is 10.6 Å². The van der Waals surface area contributed by atoms with Gasteiger partial charge in [-0.3, -0.25) is 0 Å². The van der Waals surface area contributed by atoms with Crippen LogP contribution in [0.1, 0.15) is 15.9 Å². The topological polar surface area (TPSA) is 26.3 Å². The van der Waals surface area contributed by atoms with Crippen molar-refractivity contribution in [3.63, 3.8) is 0 Å². The van der Waals surface area contributed by atoms with E-state index in [1.807, 2.05) is 24.3 Å². The second-order valence-corrected chi connectivity index (χ2v) is 5.92. The van der Waals surface area contributed by atoms with Gasteiger partial charge in [-0.25, -0.2) is 4.79 Å². The minimum atomic E-state index is -0.328. The summed E-state index contributed by atoms with van der Waals surface area (Å²) in [6.07, 6.45) is 0. The fourth-order valence-electron chi connectivity index (χ4n) is 1.60. The predicted octanol–water partition coefficient (Wildman–Crippen LogP) is 5.07. The molecule has 0 bridgehead atoms. The van der Waals surface area contributed by atoms with Gasteiger partial charge in [-0.15, -0.1) is 11.8 Å². The highest BCUT2D eigenvalue weighted by Crippen LogP contribution is 2.27. The second-order valence-electron chi connectivity index (χ2n) is 4.05. The standard InChI is InChI=1S/C15H12Cl2O2S/c1-19-15(18)11-3-5-12(6-4-11)20-9-10-2-7-13(16)14(17)8-10/h2-8H,9H2,1H3. The molecule has 0 aliphatic carbocycles. The molecule has 0 saturated heterocycles. The van der Waals surface area contributed by atoms with E-state index < -0.39 is 0 Å². The lowest BCUT2D eigenvalue weighted by atomic mass is 10.2. The molecule has 0 amide bonds. The first-order valence-corrected chi connectivity index (χ1v) is 7.59. The number of esters is 1. The molecule has 2 aromatic rings. The molecule has 5 heteroatoms. The lowest BCUT2D eigenvalue weighted by molar-refractivity contribution is 0.0600. The first-order valence-electron chi connectivity index (χ1n) is 5.85. The van der Waals surface area contributed by atoms with Crippen LogP contribution in [0.4, 0.5) is 0 Å². The fourth-order valence-corrected chi connectivity index (χ4v) is 2.76. The average Bonchev–Trinajstić information content (AvgIpc) is 2.48. The highest BCUT2D eigenvalue weighted by Gasteiger charge is 2.05. The van der Waals surface area contributed by atoms with Crippen LogP contribution in [0.5, 0.6) is 0 Å². The molecule has 0 aromatic heterocycles. The van der Waals surface area contributed by atoms with Crippen LogP contribution in [0.15, 0.2) is 47.4 Å². The van der Waals surface area contributed by atoms with Gasteiger partial charge in [0.15, 0.2) is 0 Å².